The van der Waals surface area contributed by atoms with Gasteiger partial charge in [0, 0.05) is 16.0 Å². The molecule has 0 aliphatic rings. The zero-order valence-corrected chi connectivity index (χ0v) is 18.7. The first-order chi connectivity index (χ1) is 14.2. The van der Waals surface area contributed by atoms with Gasteiger partial charge in [-0.1, -0.05) is 35.6 Å². The molecule has 0 atom stereocenters. The van der Waals surface area contributed by atoms with Crippen molar-refractivity contribution in [3.8, 4) is 5.75 Å². The number of benzene rings is 2. The van der Waals surface area contributed by atoms with E-state index in [2.05, 4.69) is 27.6 Å². The molecule has 7 heteroatoms. The molecule has 0 saturated heterocycles. The Labute approximate surface area is 186 Å². The predicted molar refractivity (Wildman–Crippen MR) is 125 cm³/mol. The zero-order valence-electron chi connectivity index (χ0n) is 15.7. The van der Waals surface area contributed by atoms with E-state index in [-0.39, 0.29) is 5.91 Å². The van der Waals surface area contributed by atoms with Crippen molar-refractivity contribution < 1.29 is 9.53 Å². The predicted octanol–water partition coefficient (Wildman–Crippen LogP) is 5.54. The summed E-state index contributed by atoms with van der Waals surface area (Å²) in [5.41, 5.74) is 2.37. The van der Waals surface area contributed by atoms with Crippen LogP contribution in [0, 0.1) is 3.57 Å². The Kier molecular flexibility index (Phi) is 6.05. The van der Waals surface area contributed by atoms with Crippen LogP contribution in [-0.4, -0.2) is 22.5 Å². The molecule has 0 radical (unpaired) electrons. The van der Waals surface area contributed by atoms with Crippen LogP contribution in [0.3, 0.4) is 0 Å². The molecular formula is C22H18IN3O2S. The molecule has 0 spiro atoms. The van der Waals surface area contributed by atoms with Crippen molar-refractivity contribution >= 4 is 55.2 Å². The molecule has 4 rings (SSSR count). The third kappa shape index (κ3) is 4.25. The van der Waals surface area contributed by atoms with Crippen molar-refractivity contribution in [3.05, 3.63) is 81.7 Å². The normalized spacial score (nSPS) is 10.8. The van der Waals surface area contributed by atoms with Gasteiger partial charge in [-0.25, -0.2) is 4.98 Å². The van der Waals surface area contributed by atoms with Gasteiger partial charge in [0.2, 0.25) is 0 Å². The van der Waals surface area contributed by atoms with Crippen LogP contribution >= 0.6 is 33.9 Å². The van der Waals surface area contributed by atoms with Crippen LogP contribution < -0.4 is 9.64 Å². The quantitative estimate of drug-likeness (QED) is 0.317. The Balaban J connectivity index is 1.80. The van der Waals surface area contributed by atoms with Gasteiger partial charge >= 0.3 is 0 Å². The van der Waals surface area contributed by atoms with Gasteiger partial charge in [-0.15, -0.1) is 0 Å². The summed E-state index contributed by atoms with van der Waals surface area (Å²) in [5.74, 6) is 0.645. The maximum absolute atomic E-state index is 13.5. The van der Waals surface area contributed by atoms with Gasteiger partial charge in [0.15, 0.2) is 5.13 Å². The van der Waals surface area contributed by atoms with Crippen molar-refractivity contribution in [3.63, 3.8) is 0 Å². The molecule has 1 amide bonds. The van der Waals surface area contributed by atoms with Crippen LogP contribution in [0.2, 0.25) is 0 Å². The number of pyridine rings is 1. The lowest BCUT2D eigenvalue weighted by Gasteiger charge is -2.20. The number of halogens is 1. The fourth-order valence-electron chi connectivity index (χ4n) is 2.98. The Bertz CT molecular complexity index is 1150. The summed E-state index contributed by atoms with van der Waals surface area (Å²) in [6.07, 6.45) is 3.50. The minimum Gasteiger partial charge on any atom is -0.492 e. The van der Waals surface area contributed by atoms with Gasteiger partial charge in [0.25, 0.3) is 5.91 Å². The lowest BCUT2D eigenvalue weighted by atomic mass is 10.2. The fourth-order valence-corrected chi connectivity index (χ4v) is 4.58. The maximum Gasteiger partial charge on any atom is 0.261 e. The molecule has 5 nitrogen and oxygen atoms in total. The van der Waals surface area contributed by atoms with E-state index in [1.807, 2.05) is 61.5 Å². The number of para-hydroxylation sites is 1. The molecule has 2 aromatic carbocycles. The number of thiazole rings is 1. The Morgan fingerprint density at radius 1 is 1.14 bits per heavy atom. The van der Waals surface area contributed by atoms with Crippen LogP contribution in [0.4, 0.5) is 5.13 Å². The smallest absolute Gasteiger partial charge is 0.261 e. The monoisotopic (exact) mass is 515 g/mol. The fraction of sp³-hybridized carbons (Fsp3) is 0.136. The van der Waals surface area contributed by atoms with E-state index in [9.17, 15) is 4.79 Å². The number of carbonyl (C=O) groups is 1. The first kappa shape index (κ1) is 19.8. The Morgan fingerprint density at radius 2 is 2.00 bits per heavy atom. The molecular weight excluding hydrogens is 497 g/mol. The molecule has 146 valence electrons. The number of carbonyl (C=O) groups excluding carboxylic acids is 1. The van der Waals surface area contributed by atoms with Crippen molar-refractivity contribution in [1.82, 2.24) is 9.97 Å². The lowest BCUT2D eigenvalue weighted by Crippen LogP contribution is -2.31. The van der Waals surface area contributed by atoms with E-state index in [1.165, 1.54) is 11.3 Å². The average Bonchev–Trinajstić information content (AvgIpc) is 3.18. The average molecular weight is 515 g/mol. The van der Waals surface area contributed by atoms with Crippen LogP contribution in [0.5, 0.6) is 5.75 Å². The molecule has 0 aliphatic heterocycles. The number of hydrogen-bond donors (Lipinski definition) is 0. The molecule has 0 unspecified atom stereocenters. The molecule has 0 N–H and O–H groups in total. The van der Waals surface area contributed by atoms with Crippen LogP contribution in [0.25, 0.3) is 10.2 Å². The highest BCUT2D eigenvalue weighted by Gasteiger charge is 2.24. The molecule has 0 aliphatic carbocycles. The lowest BCUT2D eigenvalue weighted by molar-refractivity contribution is 0.0984. The van der Waals surface area contributed by atoms with Gasteiger partial charge < -0.3 is 4.74 Å². The SMILES string of the molecule is CCOc1cccc2sc(N(Cc3cccnc3)C(=O)c3ccccc3I)nc12. The van der Waals surface area contributed by atoms with E-state index in [0.29, 0.717) is 23.8 Å². The van der Waals surface area contributed by atoms with Crippen LogP contribution in [0.15, 0.2) is 67.0 Å². The van der Waals surface area contributed by atoms with Gasteiger partial charge in [-0.3, -0.25) is 14.7 Å². The molecule has 4 aromatic rings. The number of ether oxygens (including phenoxy) is 1. The van der Waals surface area contributed by atoms with Gasteiger partial charge in [0.05, 0.1) is 23.4 Å². The number of fused-ring (bicyclic) bond motifs is 1. The summed E-state index contributed by atoms with van der Waals surface area (Å²) in [4.78, 5) is 24.2. The summed E-state index contributed by atoms with van der Waals surface area (Å²) in [6, 6.07) is 17.3. The standard InChI is InChI=1S/C22H18IN3O2S/c1-2-28-18-10-5-11-19-20(18)25-22(29-19)26(14-15-7-6-12-24-13-15)21(27)16-8-3-4-9-17(16)23/h3-13H,2,14H2,1H3. The van der Waals surface area contributed by atoms with Gasteiger partial charge in [-0.05, 0) is 65.4 Å². The second-order valence-corrected chi connectivity index (χ2v) is 8.44. The van der Waals surface area contributed by atoms with Gasteiger partial charge in [-0.2, -0.15) is 0 Å². The van der Waals surface area contributed by atoms with Crippen molar-refractivity contribution in [2.45, 2.75) is 13.5 Å². The van der Waals surface area contributed by atoms with Crippen LogP contribution in [-0.2, 0) is 6.54 Å². The van der Waals surface area contributed by atoms with E-state index in [0.717, 1.165) is 25.1 Å². The molecule has 0 bridgehead atoms. The first-order valence-corrected chi connectivity index (χ1v) is 11.0. The highest BCUT2D eigenvalue weighted by molar-refractivity contribution is 14.1. The summed E-state index contributed by atoms with van der Waals surface area (Å²) in [6.45, 7) is 2.90. The molecule has 29 heavy (non-hydrogen) atoms. The van der Waals surface area contributed by atoms with Crippen molar-refractivity contribution in [2.24, 2.45) is 0 Å². The summed E-state index contributed by atoms with van der Waals surface area (Å²) in [5, 5.41) is 0.639. The number of nitrogens with zero attached hydrogens (tertiary/aromatic N) is 3. The third-order valence-electron chi connectivity index (χ3n) is 4.31. The minimum absolute atomic E-state index is 0.0872. The van der Waals surface area contributed by atoms with Crippen LogP contribution in [0.1, 0.15) is 22.8 Å². The molecule has 0 saturated carbocycles. The number of aromatic nitrogens is 2. The second kappa shape index (κ2) is 8.87. The van der Waals surface area contributed by atoms with E-state index in [1.54, 1.807) is 17.3 Å². The Hall–Kier alpha value is -2.52. The first-order valence-electron chi connectivity index (χ1n) is 9.15. The Morgan fingerprint density at radius 3 is 2.76 bits per heavy atom. The highest BCUT2D eigenvalue weighted by atomic mass is 127. The minimum atomic E-state index is -0.0872. The van der Waals surface area contributed by atoms with Crippen molar-refractivity contribution in [1.29, 1.82) is 0 Å². The molecule has 2 heterocycles. The maximum atomic E-state index is 13.5. The van der Waals surface area contributed by atoms with Crippen molar-refractivity contribution in [2.75, 3.05) is 11.5 Å². The topological polar surface area (TPSA) is 55.3 Å². The molecule has 2 aromatic heterocycles. The van der Waals surface area contributed by atoms with Gasteiger partial charge in [0.1, 0.15) is 11.3 Å². The zero-order chi connectivity index (χ0) is 20.2. The highest BCUT2D eigenvalue weighted by Crippen LogP contribution is 2.35. The number of amides is 1. The number of hydrogen-bond acceptors (Lipinski definition) is 5. The second-order valence-electron chi connectivity index (χ2n) is 6.26. The van der Waals surface area contributed by atoms with E-state index >= 15 is 0 Å². The summed E-state index contributed by atoms with van der Waals surface area (Å²) >= 11 is 3.68. The molecule has 0 fully saturated rings. The van der Waals surface area contributed by atoms with E-state index < -0.39 is 0 Å². The summed E-state index contributed by atoms with van der Waals surface area (Å²) < 4.78 is 7.61. The number of anilines is 1. The third-order valence-corrected chi connectivity index (χ3v) is 6.30. The van der Waals surface area contributed by atoms with E-state index in [4.69, 9.17) is 9.72 Å². The summed E-state index contributed by atoms with van der Waals surface area (Å²) in [7, 11) is 0. The number of rotatable bonds is 6. The largest absolute Gasteiger partial charge is 0.492 e.